The lowest BCUT2D eigenvalue weighted by molar-refractivity contribution is -0.120. The molecular weight excluding hydrogens is 344 g/mol. The molecule has 25 heavy (non-hydrogen) atoms. The van der Waals surface area contributed by atoms with Gasteiger partial charge in [-0.3, -0.25) is 4.79 Å². The number of H-pyrrole nitrogens is 1. The van der Waals surface area contributed by atoms with Gasteiger partial charge in [0.15, 0.2) is 5.03 Å². The number of aromatic nitrogens is 2. The minimum absolute atomic E-state index is 0.0429. The molecule has 134 valence electrons. The van der Waals surface area contributed by atoms with E-state index in [1.54, 1.807) is 31.4 Å². The molecule has 1 saturated heterocycles. The summed E-state index contributed by atoms with van der Waals surface area (Å²) in [7, 11) is -2.10. The fourth-order valence-corrected chi connectivity index (χ4v) is 4.26. The zero-order chi connectivity index (χ0) is 17.9. The van der Waals surface area contributed by atoms with Crippen molar-refractivity contribution in [2.24, 2.45) is 5.92 Å². The van der Waals surface area contributed by atoms with Gasteiger partial charge < -0.3 is 15.0 Å². The van der Waals surface area contributed by atoms with Gasteiger partial charge >= 0.3 is 0 Å². The van der Waals surface area contributed by atoms with Crippen molar-refractivity contribution in [3.05, 3.63) is 36.8 Å². The molecule has 2 heterocycles. The van der Waals surface area contributed by atoms with Crippen LogP contribution in [0.25, 0.3) is 0 Å². The second-order valence-electron chi connectivity index (χ2n) is 5.84. The number of hydrogen-bond donors (Lipinski definition) is 2. The van der Waals surface area contributed by atoms with Gasteiger partial charge in [-0.1, -0.05) is 6.07 Å². The highest BCUT2D eigenvalue weighted by atomic mass is 32.2. The Labute approximate surface area is 146 Å². The molecule has 0 unspecified atom stereocenters. The number of nitrogens with zero attached hydrogens (tertiary/aromatic N) is 2. The Bertz CT molecular complexity index is 836. The van der Waals surface area contributed by atoms with Crippen LogP contribution in [0.2, 0.25) is 0 Å². The van der Waals surface area contributed by atoms with Crippen LogP contribution in [0, 0.1) is 5.92 Å². The Morgan fingerprint density at radius 1 is 1.44 bits per heavy atom. The number of rotatable bonds is 5. The number of hydrogen-bond acceptors (Lipinski definition) is 5. The second-order valence-corrected chi connectivity index (χ2v) is 7.75. The molecule has 0 saturated carbocycles. The number of benzene rings is 1. The number of imidazole rings is 1. The van der Waals surface area contributed by atoms with Gasteiger partial charge in [0, 0.05) is 24.8 Å². The number of nitrogens with one attached hydrogen (secondary N) is 2. The first-order chi connectivity index (χ1) is 12.0. The first-order valence-corrected chi connectivity index (χ1v) is 9.38. The normalized spacial score (nSPS) is 18.7. The predicted octanol–water partition coefficient (Wildman–Crippen LogP) is 1.46. The van der Waals surface area contributed by atoms with Crippen molar-refractivity contribution < 1.29 is 17.9 Å². The quantitative estimate of drug-likeness (QED) is 0.836. The average molecular weight is 364 g/mol. The summed E-state index contributed by atoms with van der Waals surface area (Å²) in [5, 5.41) is 2.88. The Balaban J connectivity index is 1.69. The minimum Gasteiger partial charge on any atom is -0.497 e. The van der Waals surface area contributed by atoms with Gasteiger partial charge in [0.2, 0.25) is 5.91 Å². The fraction of sp³-hybridized carbons (Fsp3) is 0.375. The summed E-state index contributed by atoms with van der Waals surface area (Å²) in [5.74, 6) is 0.0419. The van der Waals surface area contributed by atoms with E-state index in [2.05, 4.69) is 15.3 Å². The maximum Gasteiger partial charge on any atom is 0.260 e. The molecule has 1 aliphatic rings. The van der Waals surface area contributed by atoms with Crippen LogP contribution in [0.5, 0.6) is 5.75 Å². The predicted molar refractivity (Wildman–Crippen MR) is 91.7 cm³/mol. The Morgan fingerprint density at radius 2 is 2.28 bits per heavy atom. The van der Waals surface area contributed by atoms with Gasteiger partial charge in [0.1, 0.15) is 5.75 Å². The van der Waals surface area contributed by atoms with E-state index in [-0.39, 0.29) is 17.5 Å². The van der Waals surface area contributed by atoms with Gasteiger partial charge in [-0.25, -0.2) is 13.4 Å². The molecule has 1 atom stereocenters. The van der Waals surface area contributed by atoms with E-state index in [1.165, 1.54) is 16.8 Å². The number of piperidine rings is 1. The van der Waals surface area contributed by atoms with Gasteiger partial charge in [-0.05, 0) is 25.0 Å². The largest absolute Gasteiger partial charge is 0.497 e. The Morgan fingerprint density at radius 3 is 3.00 bits per heavy atom. The van der Waals surface area contributed by atoms with Crippen LogP contribution in [-0.2, 0) is 14.8 Å². The average Bonchev–Trinajstić information content (AvgIpc) is 3.17. The number of methoxy groups -OCH3 is 1. The highest BCUT2D eigenvalue weighted by Crippen LogP contribution is 2.24. The number of anilines is 1. The fourth-order valence-electron chi connectivity index (χ4n) is 2.84. The molecule has 8 nitrogen and oxygen atoms in total. The maximum absolute atomic E-state index is 12.6. The van der Waals surface area contributed by atoms with E-state index >= 15 is 0 Å². The van der Waals surface area contributed by atoms with Crippen molar-refractivity contribution >= 4 is 21.6 Å². The van der Waals surface area contributed by atoms with E-state index in [4.69, 9.17) is 4.74 Å². The van der Waals surface area contributed by atoms with Crippen LogP contribution < -0.4 is 10.1 Å². The first-order valence-electron chi connectivity index (χ1n) is 7.94. The van der Waals surface area contributed by atoms with Crippen LogP contribution in [-0.4, -0.2) is 48.8 Å². The molecule has 9 heteroatoms. The standard InChI is InChI=1S/C16H20N4O4S/c1-24-14-6-2-5-13(8-14)19-16(21)12-4-3-7-20(10-12)25(22,23)15-9-17-11-18-15/h2,5-6,8-9,11-12H,3-4,7,10H2,1H3,(H,17,18)(H,19,21)/t12-/m1/s1. The summed E-state index contributed by atoms with van der Waals surface area (Å²) in [6, 6.07) is 7.06. The van der Waals surface area contributed by atoms with E-state index in [0.717, 1.165) is 0 Å². The van der Waals surface area contributed by atoms with Gasteiger partial charge in [0.05, 0.1) is 25.6 Å². The molecule has 0 aliphatic carbocycles. The molecule has 1 amide bonds. The van der Waals surface area contributed by atoms with Crippen molar-refractivity contribution in [1.29, 1.82) is 0 Å². The molecule has 0 spiro atoms. The molecular formula is C16H20N4O4S. The van der Waals surface area contributed by atoms with Crippen molar-refractivity contribution in [1.82, 2.24) is 14.3 Å². The molecule has 2 aromatic rings. The van der Waals surface area contributed by atoms with E-state index < -0.39 is 15.9 Å². The molecule has 1 aromatic heterocycles. The molecule has 0 radical (unpaired) electrons. The molecule has 1 fully saturated rings. The van der Waals surface area contributed by atoms with Crippen LogP contribution in [0.15, 0.2) is 41.8 Å². The van der Waals surface area contributed by atoms with Crippen molar-refractivity contribution in [2.75, 3.05) is 25.5 Å². The van der Waals surface area contributed by atoms with Crippen LogP contribution in [0.1, 0.15) is 12.8 Å². The molecule has 2 N–H and O–H groups in total. The topological polar surface area (TPSA) is 104 Å². The Kier molecular flexibility index (Phi) is 5.05. The lowest BCUT2D eigenvalue weighted by Crippen LogP contribution is -2.43. The molecule has 0 bridgehead atoms. The minimum atomic E-state index is -3.65. The van der Waals surface area contributed by atoms with Crippen molar-refractivity contribution in [3.8, 4) is 5.75 Å². The third kappa shape index (κ3) is 3.83. The Hall–Kier alpha value is -2.39. The summed E-state index contributed by atoms with van der Waals surface area (Å²) in [6.07, 6.45) is 3.87. The number of sulfonamides is 1. The SMILES string of the molecule is COc1cccc(NC(=O)[C@@H]2CCCN(S(=O)(=O)c3cnc[nH]3)C2)c1. The van der Waals surface area contributed by atoms with E-state index in [0.29, 0.717) is 30.8 Å². The third-order valence-electron chi connectivity index (χ3n) is 4.18. The number of carbonyl (C=O) groups excluding carboxylic acids is 1. The van der Waals surface area contributed by atoms with Crippen LogP contribution >= 0.6 is 0 Å². The van der Waals surface area contributed by atoms with Gasteiger partial charge in [0.25, 0.3) is 10.0 Å². The molecule has 3 rings (SSSR count). The summed E-state index contributed by atoms with van der Waals surface area (Å²) >= 11 is 0. The van der Waals surface area contributed by atoms with Crippen LogP contribution in [0.3, 0.4) is 0 Å². The second kappa shape index (κ2) is 7.24. The zero-order valence-electron chi connectivity index (χ0n) is 13.8. The van der Waals surface area contributed by atoms with Crippen molar-refractivity contribution in [2.45, 2.75) is 17.9 Å². The highest BCUT2D eigenvalue weighted by Gasteiger charge is 2.34. The summed E-state index contributed by atoms with van der Waals surface area (Å²) in [6.45, 7) is 0.543. The van der Waals surface area contributed by atoms with Gasteiger partial charge in [-0.15, -0.1) is 0 Å². The number of amides is 1. The third-order valence-corrected chi connectivity index (χ3v) is 5.97. The van der Waals surface area contributed by atoms with Crippen LogP contribution in [0.4, 0.5) is 5.69 Å². The monoisotopic (exact) mass is 364 g/mol. The summed E-state index contributed by atoms with van der Waals surface area (Å²) in [4.78, 5) is 18.9. The molecule has 1 aliphatic heterocycles. The summed E-state index contributed by atoms with van der Waals surface area (Å²) in [5.41, 5.74) is 0.623. The summed E-state index contributed by atoms with van der Waals surface area (Å²) < 4.78 is 31.6. The number of carbonyl (C=O) groups is 1. The first kappa shape index (κ1) is 17.4. The maximum atomic E-state index is 12.6. The molecule has 1 aromatic carbocycles. The van der Waals surface area contributed by atoms with E-state index in [9.17, 15) is 13.2 Å². The lowest BCUT2D eigenvalue weighted by atomic mass is 9.98. The van der Waals surface area contributed by atoms with E-state index in [1.807, 2.05) is 0 Å². The lowest BCUT2D eigenvalue weighted by Gasteiger charge is -2.30. The van der Waals surface area contributed by atoms with Crippen molar-refractivity contribution in [3.63, 3.8) is 0 Å². The number of aromatic amines is 1. The zero-order valence-corrected chi connectivity index (χ0v) is 14.6. The smallest absolute Gasteiger partial charge is 0.260 e. The number of ether oxygens (including phenoxy) is 1. The highest BCUT2D eigenvalue weighted by molar-refractivity contribution is 7.89. The van der Waals surface area contributed by atoms with Gasteiger partial charge in [-0.2, -0.15) is 4.31 Å².